The number of carbonyl (C=O) groups is 1. The van der Waals surface area contributed by atoms with E-state index >= 15 is 0 Å². The normalized spacial score (nSPS) is 17.9. The van der Waals surface area contributed by atoms with Crippen LogP contribution in [0.25, 0.3) is 0 Å². The molecule has 4 heteroatoms. The number of halogens is 1. The average Bonchev–Trinajstić information content (AvgIpc) is 2.89. The second kappa shape index (κ2) is 5.78. The van der Waals surface area contributed by atoms with Crippen molar-refractivity contribution < 1.29 is 14.6 Å². The van der Waals surface area contributed by atoms with Gasteiger partial charge in [0.2, 0.25) is 0 Å². The molecule has 108 valence electrons. The zero-order chi connectivity index (χ0) is 14.8. The first-order valence-electron chi connectivity index (χ1n) is 6.85. The molecule has 0 saturated heterocycles. The van der Waals surface area contributed by atoms with Crippen LogP contribution in [0.5, 0.6) is 5.75 Å². The minimum Gasteiger partial charge on any atom is -0.493 e. The molecule has 0 aliphatic carbocycles. The van der Waals surface area contributed by atoms with Crippen molar-refractivity contribution in [2.75, 3.05) is 6.61 Å². The Bertz CT molecular complexity index is 651. The van der Waals surface area contributed by atoms with E-state index in [0.717, 1.165) is 16.9 Å². The van der Waals surface area contributed by atoms with E-state index in [0.29, 0.717) is 18.1 Å². The molecule has 2 aromatic rings. The summed E-state index contributed by atoms with van der Waals surface area (Å²) in [5.74, 6) is -0.399. The molecular weight excluding hydrogens is 288 g/mol. The Morgan fingerprint density at radius 1 is 1.24 bits per heavy atom. The number of ether oxygens (including phenoxy) is 1. The van der Waals surface area contributed by atoms with Gasteiger partial charge in [0.25, 0.3) is 0 Å². The Balaban J connectivity index is 1.84. The Morgan fingerprint density at radius 2 is 1.95 bits per heavy atom. The number of hydrogen-bond acceptors (Lipinski definition) is 2. The van der Waals surface area contributed by atoms with Crippen LogP contribution in [0.4, 0.5) is 0 Å². The van der Waals surface area contributed by atoms with Gasteiger partial charge >= 0.3 is 5.97 Å². The fourth-order valence-corrected chi connectivity index (χ4v) is 2.91. The monoisotopic (exact) mass is 302 g/mol. The Kier molecular flexibility index (Phi) is 3.84. The van der Waals surface area contributed by atoms with E-state index in [9.17, 15) is 9.90 Å². The predicted molar refractivity (Wildman–Crippen MR) is 81.1 cm³/mol. The van der Waals surface area contributed by atoms with Crippen molar-refractivity contribution in [3.63, 3.8) is 0 Å². The number of aliphatic carboxylic acids is 1. The molecule has 0 fully saturated rings. The number of carboxylic acids is 1. The van der Waals surface area contributed by atoms with Gasteiger partial charge in [-0.2, -0.15) is 0 Å². The molecule has 0 radical (unpaired) electrons. The molecule has 1 N–H and O–H groups in total. The largest absolute Gasteiger partial charge is 0.493 e. The lowest BCUT2D eigenvalue weighted by Crippen LogP contribution is -2.16. The van der Waals surface area contributed by atoms with Crippen LogP contribution < -0.4 is 4.74 Å². The van der Waals surface area contributed by atoms with Crippen molar-refractivity contribution in [3.8, 4) is 5.75 Å². The first kappa shape index (κ1) is 14.0. The molecule has 0 spiro atoms. The van der Waals surface area contributed by atoms with Crippen LogP contribution in [0.3, 0.4) is 0 Å². The highest BCUT2D eigenvalue weighted by atomic mass is 35.5. The SMILES string of the molecule is O=C(O)C(CC1COc2ccccc21)c1ccc(Cl)cc1. The van der Waals surface area contributed by atoms with Crippen molar-refractivity contribution in [2.45, 2.75) is 18.3 Å². The number of para-hydroxylation sites is 1. The lowest BCUT2D eigenvalue weighted by Gasteiger charge is -2.17. The summed E-state index contributed by atoms with van der Waals surface area (Å²) in [5.41, 5.74) is 1.87. The molecule has 0 saturated carbocycles. The van der Waals surface area contributed by atoms with E-state index in [2.05, 4.69) is 0 Å². The van der Waals surface area contributed by atoms with Crippen molar-refractivity contribution in [1.29, 1.82) is 0 Å². The highest BCUT2D eigenvalue weighted by molar-refractivity contribution is 6.30. The fraction of sp³-hybridized carbons (Fsp3) is 0.235. The van der Waals surface area contributed by atoms with Gasteiger partial charge in [-0.15, -0.1) is 0 Å². The molecule has 2 atom stereocenters. The number of rotatable bonds is 4. The maximum absolute atomic E-state index is 11.6. The van der Waals surface area contributed by atoms with Crippen molar-refractivity contribution in [1.82, 2.24) is 0 Å². The van der Waals surface area contributed by atoms with Crippen molar-refractivity contribution in [3.05, 3.63) is 64.7 Å². The van der Waals surface area contributed by atoms with Crippen molar-refractivity contribution >= 4 is 17.6 Å². The number of fused-ring (bicyclic) bond motifs is 1. The lowest BCUT2D eigenvalue weighted by molar-refractivity contribution is -0.139. The summed E-state index contributed by atoms with van der Waals surface area (Å²) < 4.78 is 5.63. The van der Waals surface area contributed by atoms with E-state index in [1.165, 1.54) is 0 Å². The minimum absolute atomic E-state index is 0.109. The van der Waals surface area contributed by atoms with E-state index in [-0.39, 0.29) is 5.92 Å². The molecule has 3 nitrogen and oxygen atoms in total. The van der Waals surface area contributed by atoms with Gasteiger partial charge < -0.3 is 9.84 Å². The van der Waals surface area contributed by atoms with Crippen LogP contribution in [0, 0.1) is 0 Å². The van der Waals surface area contributed by atoms with Crippen LogP contribution in [0.2, 0.25) is 5.02 Å². The predicted octanol–water partition coefficient (Wildman–Crippen LogP) is 4.07. The molecule has 2 aromatic carbocycles. The summed E-state index contributed by atoms with van der Waals surface area (Å²) in [4.78, 5) is 11.6. The summed E-state index contributed by atoms with van der Waals surface area (Å²) in [5, 5.41) is 10.1. The fourth-order valence-electron chi connectivity index (χ4n) is 2.78. The van der Waals surface area contributed by atoms with Crippen LogP contribution >= 0.6 is 11.6 Å². The Labute approximate surface area is 128 Å². The van der Waals surface area contributed by atoms with Gasteiger partial charge in [0, 0.05) is 16.5 Å². The van der Waals surface area contributed by atoms with E-state index in [1.54, 1.807) is 24.3 Å². The number of carboxylic acid groups (broad SMARTS) is 1. The Hall–Kier alpha value is -2.00. The average molecular weight is 303 g/mol. The smallest absolute Gasteiger partial charge is 0.310 e. The molecule has 3 rings (SSSR count). The number of benzene rings is 2. The van der Waals surface area contributed by atoms with E-state index in [1.807, 2.05) is 24.3 Å². The summed E-state index contributed by atoms with van der Waals surface area (Å²) in [7, 11) is 0. The maximum Gasteiger partial charge on any atom is 0.310 e. The molecule has 1 aliphatic heterocycles. The third kappa shape index (κ3) is 2.88. The molecule has 21 heavy (non-hydrogen) atoms. The molecule has 0 bridgehead atoms. The zero-order valence-electron chi connectivity index (χ0n) is 11.3. The van der Waals surface area contributed by atoms with E-state index in [4.69, 9.17) is 16.3 Å². The minimum atomic E-state index is -0.818. The molecule has 1 aliphatic rings. The van der Waals surface area contributed by atoms with Crippen LogP contribution in [-0.4, -0.2) is 17.7 Å². The van der Waals surface area contributed by atoms with Crippen LogP contribution in [0.1, 0.15) is 29.4 Å². The summed E-state index contributed by atoms with van der Waals surface area (Å²) >= 11 is 5.87. The van der Waals surface area contributed by atoms with Gasteiger partial charge in [-0.1, -0.05) is 41.9 Å². The third-order valence-electron chi connectivity index (χ3n) is 3.89. The van der Waals surface area contributed by atoms with Gasteiger partial charge in [-0.05, 0) is 30.2 Å². The van der Waals surface area contributed by atoms with Gasteiger partial charge in [-0.25, -0.2) is 0 Å². The molecular formula is C17H15ClO3. The summed E-state index contributed by atoms with van der Waals surface area (Å²) in [6.45, 7) is 0.538. The van der Waals surface area contributed by atoms with Gasteiger partial charge in [0.1, 0.15) is 5.75 Å². The number of hydrogen-bond donors (Lipinski definition) is 1. The highest BCUT2D eigenvalue weighted by Gasteiger charge is 2.30. The van der Waals surface area contributed by atoms with E-state index < -0.39 is 11.9 Å². The van der Waals surface area contributed by atoms with Gasteiger partial charge in [0.05, 0.1) is 12.5 Å². The van der Waals surface area contributed by atoms with Gasteiger partial charge in [-0.3, -0.25) is 4.79 Å². The Morgan fingerprint density at radius 3 is 2.67 bits per heavy atom. The highest BCUT2D eigenvalue weighted by Crippen LogP contribution is 2.39. The first-order chi connectivity index (χ1) is 10.1. The standard InChI is InChI=1S/C17H15ClO3/c18-13-7-5-11(6-8-13)15(17(19)20)9-12-10-21-16-4-2-1-3-14(12)16/h1-8,12,15H,9-10H2,(H,19,20). The quantitative estimate of drug-likeness (QED) is 0.926. The lowest BCUT2D eigenvalue weighted by atomic mass is 9.86. The molecule has 0 aromatic heterocycles. The second-order valence-electron chi connectivity index (χ2n) is 5.22. The van der Waals surface area contributed by atoms with Crippen LogP contribution in [-0.2, 0) is 4.79 Å². The maximum atomic E-state index is 11.6. The molecule has 0 amide bonds. The van der Waals surface area contributed by atoms with Gasteiger partial charge in [0.15, 0.2) is 0 Å². The summed E-state index contributed by atoms with van der Waals surface area (Å²) in [6.07, 6.45) is 0.522. The first-order valence-corrected chi connectivity index (χ1v) is 7.23. The molecule has 2 unspecified atom stereocenters. The van der Waals surface area contributed by atoms with Crippen molar-refractivity contribution in [2.24, 2.45) is 0 Å². The summed E-state index contributed by atoms with van der Waals surface area (Å²) in [6, 6.07) is 14.8. The molecule has 1 heterocycles. The van der Waals surface area contributed by atoms with Crippen LogP contribution in [0.15, 0.2) is 48.5 Å². The third-order valence-corrected chi connectivity index (χ3v) is 4.14. The zero-order valence-corrected chi connectivity index (χ0v) is 12.1. The topological polar surface area (TPSA) is 46.5 Å². The second-order valence-corrected chi connectivity index (χ2v) is 5.66.